The molecule has 2 rings (SSSR count). The molecule has 6 heteroatoms. The van der Waals surface area contributed by atoms with Gasteiger partial charge in [0.05, 0.1) is 23.5 Å². The fourth-order valence-electron chi connectivity index (χ4n) is 1.79. The molecule has 0 radical (unpaired) electrons. The summed E-state index contributed by atoms with van der Waals surface area (Å²) in [6.45, 7) is 8.50. The van der Waals surface area contributed by atoms with E-state index in [0.29, 0.717) is 6.61 Å². The molecular formula is C12H19BN2O3. The van der Waals surface area contributed by atoms with Crippen LogP contribution in [0.3, 0.4) is 0 Å². The van der Waals surface area contributed by atoms with Crippen LogP contribution >= 0.6 is 0 Å². The van der Waals surface area contributed by atoms with Crippen molar-refractivity contribution in [1.82, 2.24) is 9.97 Å². The highest BCUT2D eigenvalue weighted by Crippen LogP contribution is 2.36. The zero-order valence-electron chi connectivity index (χ0n) is 11.6. The van der Waals surface area contributed by atoms with Gasteiger partial charge >= 0.3 is 7.12 Å². The summed E-state index contributed by atoms with van der Waals surface area (Å²) in [6.07, 6.45) is 3.23. The topological polar surface area (TPSA) is 53.5 Å². The minimum absolute atomic E-state index is 0.363. The molecule has 0 amide bonds. The Bertz CT molecular complexity index is 421. The summed E-state index contributed by atoms with van der Waals surface area (Å²) in [5.74, 6) is 0. The Kier molecular flexibility index (Phi) is 3.44. The first-order valence-electron chi connectivity index (χ1n) is 6.01. The van der Waals surface area contributed by atoms with Crippen LogP contribution in [-0.2, 0) is 20.7 Å². The highest BCUT2D eigenvalue weighted by molar-refractivity contribution is 6.62. The van der Waals surface area contributed by atoms with E-state index in [1.807, 2.05) is 27.7 Å². The normalized spacial score (nSPS) is 21.3. The van der Waals surface area contributed by atoms with Gasteiger partial charge in [-0.2, -0.15) is 0 Å². The second-order valence-corrected chi connectivity index (χ2v) is 5.45. The zero-order valence-corrected chi connectivity index (χ0v) is 11.6. The lowest BCUT2D eigenvalue weighted by Crippen LogP contribution is -2.41. The largest absolute Gasteiger partial charge is 0.498 e. The number of aromatic nitrogens is 2. The van der Waals surface area contributed by atoms with Gasteiger partial charge in [0.25, 0.3) is 0 Å². The average Bonchev–Trinajstić information content (AvgIpc) is 2.49. The van der Waals surface area contributed by atoms with Crippen molar-refractivity contribution in [2.24, 2.45) is 0 Å². The molecule has 0 saturated carbocycles. The Morgan fingerprint density at radius 2 is 1.83 bits per heavy atom. The lowest BCUT2D eigenvalue weighted by atomic mass is 9.79. The summed E-state index contributed by atoms with van der Waals surface area (Å²) in [7, 11) is 1.19. The Morgan fingerprint density at radius 1 is 1.22 bits per heavy atom. The van der Waals surface area contributed by atoms with Gasteiger partial charge in [0.1, 0.15) is 6.33 Å². The molecule has 98 valence electrons. The van der Waals surface area contributed by atoms with Gasteiger partial charge in [0.2, 0.25) is 0 Å². The predicted molar refractivity (Wildman–Crippen MR) is 68.5 cm³/mol. The summed E-state index contributed by atoms with van der Waals surface area (Å²) >= 11 is 0. The minimum Gasteiger partial charge on any atom is -0.399 e. The quantitative estimate of drug-likeness (QED) is 0.747. The van der Waals surface area contributed by atoms with Crippen LogP contribution in [0.15, 0.2) is 12.5 Å². The maximum Gasteiger partial charge on any atom is 0.498 e. The van der Waals surface area contributed by atoms with Gasteiger partial charge in [-0.15, -0.1) is 0 Å². The zero-order chi connectivity index (χ0) is 13.4. The SMILES string of the molecule is COCc1ncncc1B1OC(C)(C)C(C)(C)O1. The fraction of sp³-hybridized carbons (Fsp3) is 0.667. The van der Waals surface area contributed by atoms with Crippen LogP contribution in [0.4, 0.5) is 0 Å². The Morgan fingerprint density at radius 3 is 2.39 bits per heavy atom. The number of methoxy groups -OCH3 is 1. The average molecular weight is 250 g/mol. The Hall–Kier alpha value is -0.975. The van der Waals surface area contributed by atoms with Gasteiger partial charge in [-0.05, 0) is 27.7 Å². The van der Waals surface area contributed by atoms with E-state index in [0.717, 1.165) is 11.2 Å². The standard InChI is InChI=1S/C12H19BN2O3/c1-11(2)12(3,4)18-13(17-11)9-6-14-8-15-10(9)7-16-5/h6,8H,7H2,1-5H3. The van der Waals surface area contributed by atoms with Crippen LogP contribution in [-0.4, -0.2) is 35.4 Å². The van der Waals surface area contributed by atoms with Gasteiger partial charge in [-0.25, -0.2) is 9.97 Å². The molecule has 0 atom stereocenters. The second-order valence-electron chi connectivity index (χ2n) is 5.45. The first-order valence-corrected chi connectivity index (χ1v) is 6.01. The van der Waals surface area contributed by atoms with E-state index >= 15 is 0 Å². The first kappa shape index (κ1) is 13.5. The van der Waals surface area contributed by atoms with Crippen molar-refractivity contribution in [3.05, 3.63) is 18.2 Å². The highest BCUT2D eigenvalue weighted by atomic mass is 16.7. The van der Waals surface area contributed by atoms with Gasteiger partial charge in [0.15, 0.2) is 0 Å². The predicted octanol–water partition coefficient (Wildman–Crippen LogP) is 0.922. The molecule has 0 N–H and O–H groups in total. The minimum atomic E-state index is -0.443. The van der Waals surface area contributed by atoms with Crippen molar-refractivity contribution >= 4 is 12.6 Å². The lowest BCUT2D eigenvalue weighted by molar-refractivity contribution is 0.00578. The monoisotopic (exact) mass is 250 g/mol. The molecule has 0 unspecified atom stereocenters. The summed E-state index contributed by atoms with van der Waals surface area (Å²) in [4.78, 5) is 8.25. The van der Waals surface area contributed by atoms with E-state index in [4.69, 9.17) is 14.0 Å². The van der Waals surface area contributed by atoms with Gasteiger partial charge in [0, 0.05) is 18.8 Å². The molecular weight excluding hydrogens is 231 g/mol. The van der Waals surface area contributed by atoms with Crippen LogP contribution in [0.5, 0.6) is 0 Å². The maximum atomic E-state index is 5.98. The van der Waals surface area contributed by atoms with Crippen molar-refractivity contribution in [3.8, 4) is 0 Å². The number of hydrogen-bond acceptors (Lipinski definition) is 5. The third-order valence-electron chi connectivity index (χ3n) is 3.62. The number of ether oxygens (including phenoxy) is 1. The third kappa shape index (κ3) is 2.28. The van der Waals surface area contributed by atoms with E-state index in [2.05, 4.69) is 9.97 Å². The number of nitrogens with zero attached hydrogens (tertiary/aromatic N) is 2. The molecule has 0 bridgehead atoms. The molecule has 1 aliphatic heterocycles. The van der Waals surface area contributed by atoms with E-state index in [9.17, 15) is 0 Å². The van der Waals surface area contributed by atoms with E-state index in [1.165, 1.54) is 6.33 Å². The van der Waals surface area contributed by atoms with Crippen LogP contribution in [0.2, 0.25) is 0 Å². The Balaban J connectivity index is 2.29. The molecule has 1 aromatic heterocycles. The summed E-state index contributed by atoms with van der Waals surface area (Å²) in [5.41, 5.74) is 0.902. The summed E-state index contributed by atoms with van der Waals surface area (Å²) in [5, 5.41) is 0. The third-order valence-corrected chi connectivity index (χ3v) is 3.62. The van der Waals surface area contributed by atoms with Gasteiger partial charge in [-0.3, -0.25) is 0 Å². The molecule has 1 fully saturated rings. The molecule has 2 heterocycles. The molecule has 1 saturated heterocycles. The van der Waals surface area contributed by atoms with Crippen LogP contribution in [0.1, 0.15) is 33.4 Å². The molecule has 0 spiro atoms. The van der Waals surface area contributed by atoms with Crippen molar-refractivity contribution in [1.29, 1.82) is 0 Å². The molecule has 1 aliphatic rings. The molecule has 0 aliphatic carbocycles. The number of hydrogen-bond donors (Lipinski definition) is 0. The molecule has 0 aromatic carbocycles. The highest BCUT2D eigenvalue weighted by Gasteiger charge is 2.52. The van der Waals surface area contributed by atoms with E-state index < -0.39 is 7.12 Å². The molecule has 18 heavy (non-hydrogen) atoms. The summed E-state index contributed by atoms with van der Waals surface area (Å²) in [6, 6.07) is 0. The summed E-state index contributed by atoms with van der Waals surface area (Å²) < 4.78 is 17.1. The second kappa shape index (κ2) is 4.61. The molecule has 1 aromatic rings. The van der Waals surface area contributed by atoms with Crippen LogP contribution in [0.25, 0.3) is 0 Å². The van der Waals surface area contributed by atoms with Crippen molar-refractivity contribution in [3.63, 3.8) is 0 Å². The Labute approximate surface area is 108 Å². The lowest BCUT2D eigenvalue weighted by Gasteiger charge is -2.32. The first-order chi connectivity index (χ1) is 8.37. The number of rotatable bonds is 3. The fourth-order valence-corrected chi connectivity index (χ4v) is 1.79. The maximum absolute atomic E-state index is 5.98. The van der Waals surface area contributed by atoms with E-state index in [-0.39, 0.29) is 11.2 Å². The van der Waals surface area contributed by atoms with Crippen molar-refractivity contribution in [2.45, 2.75) is 45.5 Å². The smallest absolute Gasteiger partial charge is 0.399 e. The van der Waals surface area contributed by atoms with Crippen molar-refractivity contribution in [2.75, 3.05) is 7.11 Å². The van der Waals surface area contributed by atoms with Crippen molar-refractivity contribution < 1.29 is 14.0 Å². The van der Waals surface area contributed by atoms with Gasteiger partial charge < -0.3 is 14.0 Å². The molecule has 5 nitrogen and oxygen atoms in total. The van der Waals surface area contributed by atoms with E-state index in [1.54, 1.807) is 13.3 Å². The van der Waals surface area contributed by atoms with Crippen LogP contribution in [0, 0.1) is 0 Å². The van der Waals surface area contributed by atoms with Crippen LogP contribution < -0.4 is 5.46 Å². The van der Waals surface area contributed by atoms with Gasteiger partial charge in [-0.1, -0.05) is 0 Å².